The lowest BCUT2D eigenvalue weighted by atomic mass is 10.1. The zero-order valence-corrected chi connectivity index (χ0v) is 19.6. The third kappa shape index (κ3) is 5.76. The summed E-state index contributed by atoms with van der Waals surface area (Å²) in [5, 5.41) is 2.65. The van der Waals surface area contributed by atoms with E-state index in [1.165, 1.54) is 25.3 Å². The Hall–Kier alpha value is -4.50. The number of carbonyl (C=O) groups excluding carboxylic acids is 4. The highest BCUT2D eigenvalue weighted by molar-refractivity contribution is 6.22. The molecule has 1 aliphatic rings. The summed E-state index contributed by atoms with van der Waals surface area (Å²) >= 11 is 0. The van der Waals surface area contributed by atoms with Crippen LogP contribution in [0.5, 0.6) is 11.5 Å². The third-order valence-corrected chi connectivity index (χ3v) is 5.37. The molecule has 0 unspecified atom stereocenters. The number of methoxy groups -OCH3 is 1. The average Bonchev–Trinajstić information content (AvgIpc) is 3.12. The molecule has 9 nitrogen and oxygen atoms in total. The Morgan fingerprint density at radius 3 is 2.39 bits per heavy atom. The largest absolute Gasteiger partial charge is 0.457 e. The van der Waals surface area contributed by atoms with Crippen LogP contribution < -0.4 is 10.1 Å². The standard InChI is InChI=1S/C27H24N2O7/c1-34-14-6-13-29-25(31)22-12-11-18(15-23(22)26(29)32)27(33)35-17-24(30)28-19-7-5-10-21(16-19)36-20-8-3-2-4-9-20/h2-5,7-12,15-16H,6,13-14,17H2,1H3,(H,28,30). The smallest absolute Gasteiger partial charge is 0.338 e. The quantitative estimate of drug-likeness (QED) is 0.262. The second kappa shape index (κ2) is 11.3. The lowest BCUT2D eigenvalue weighted by molar-refractivity contribution is -0.119. The Kier molecular flexibility index (Phi) is 7.72. The van der Waals surface area contributed by atoms with Gasteiger partial charge in [-0.25, -0.2) is 4.79 Å². The molecule has 4 rings (SSSR count). The normalized spacial score (nSPS) is 12.3. The molecule has 3 amide bonds. The molecule has 0 spiro atoms. The first-order chi connectivity index (χ1) is 17.5. The van der Waals surface area contributed by atoms with Crippen molar-refractivity contribution < 1.29 is 33.4 Å². The van der Waals surface area contributed by atoms with Crippen molar-refractivity contribution in [2.75, 3.05) is 32.2 Å². The predicted octanol–water partition coefficient (Wildman–Crippen LogP) is 3.91. The number of anilines is 1. The molecule has 1 heterocycles. The molecule has 3 aromatic carbocycles. The van der Waals surface area contributed by atoms with Gasteiger partial charge in [-0.15, -0.1) is 0 Å². The van der Waals surface area contributed by atoms with Crippen LogP contribution in [-0.2, 0) is 14.3 Å². The van der Waals surface area contributed by atoms with E-state index in [2.05, 4.69) is 5.32 Å². The predicted molar refractivity (Wildman–Crippen MR) is 130 cm³/mol. The Morgan fingerprint density at radius 2 is 1.61 bits per heavy atom. The fourth-order valence-electron chi connectivity index (χ4n) is 3.66. The molecule has 0 bridgehead atoms. The van der Waals surface area contributed by atoms with E-state index in [-0.39, 0.29) is 23.2 Å². The van der Waals surface area contributed by atoms with Crippen LogP contribution in [0.15, 0.2) is 72.8 Å². The fraction of sp³-hybridized carbons (Fsp3) is 0.185. The Labute approximate surface area is 207 Å². The van der Waals surface area contributed by atoms with Gasteiger partial charge in [-0.3, -0.25) is 19.3 Å². The minimum absolute atomic E-state index is 0.0692. The van der Waals surface area contributed by atoms with E-state index in [9.17, 15) is 19.2 Å². The lowest BCUT2D eigenvalue weighted by Crippen LogP contribution is -2.31. The number of amides is 3. The van der Waals surface area contributed by atoms with Gasteiger partial charge in [-0.1, -0.05) is 24.3 Å². The third-order valence-electron chi connectivity index (χ3n) is 5.37. The van der Waals surface area contributed by atoms with E-state index in [0.717, 1.165) is 4.90 Å². The molecule has 184 valence electrons. The molecule has 0 fully saturated rings. The van der Waals surface area contributed by atoms with Crippen molar-refractivity contribution >= 4 is 29.4 Å². The second-order valence-corrected chi connectivity index (χ2v) is 7.94. The number of carbonyl (C=O) groups is 4. The number of nitrogens with zero attached hydrogens (tertiary/aromatic N) is 1. The number of fused-ring (bicyclic) bond motifs is 1. The maximum Gasteiger partial charge on any atom is 0.338 e. The molecule has 0 radical (unpaired) electrons. The molecule has 9 heteroatoms. The Morgan fingerprint density at radius 1 is 0.861 bits per heavy atom. The van der Waals surface area contributed by atoms with Gasteiger partial charge in [-0.05, 0) is 48.9 Å². The average molecular weight is 488 g/mol. The van der Waals surface area contributed by atoms with Gasteiger partial charge in [0.1, 0.15) is 11.5 Å². The van der Waals surface area contributed by atoms with Gasteiger partial charge in [-0.2, -0.15) is 0 Å². The van der Waals surface area contributed by atoms with E-state index in [4.69, 9.17) is 14.2 Å². The highest BCUT2D eigenvalue weighted by Gasteiger charge is 2.35. The number of imide groups is 1. The zero-order valence-electron chi connectivity index (χ0n) is 19.6. The number of hydrogen-bond acceptors (Lipinski definition) is 7. The molecule has 1 aliphatic heterocycles. The van der Waals surface area contributed by atoms with E-state index in [1.807, 2.05) is 30.3 Å². The van der Waals surface area contributed by atoms with E-state index < -0.39 is 30.3 Å². The van der Waals surface area contributed by atoms with Crippen molar-refractivity contribution in [3.63, 3.8) is 0 Å². The summed E-state index contributed by atoms with van der Waals surface area (Å²) < 4.78 is 15.8. The molecule has 0 aromatic heterocycles. The van der Waals surface area contributed by atoms with Gasteiger partial charge in [0.15, 0.2) is 6.61 Å². The van der Waals surface area contributed by atoms with Crippen LogP contribution >= 0.6 is 0 Å². The number of esters is 1. The summed E-state index contributed by atoms with van der Waals surface area (Å²) in [6, 6.07) is 20.1. The molecule has 3 aromatic rings. The minimum Gasteiger partial charge on any atom is -0.457 e. The molecular weight excluding hydrogens is 464 g/mol. The molecule has 0 aliphatic carbocycles. The van der Waals surface area contributed by atoms with Gasteiger partial charge < -0.3 is 19.5 Å². The molecule has 0 saturated heterocycles. The fourth-order valence-corrected chi connectivity index (χ4v) is 3.66. The molecule has 0 saturated carbocycles. The van der Waals surface area contributed by atoms with E-state index in [1.54, 1.807) is 24.3 Å². The molecular formula is C27H24N2O7. The molecule has 1 N–H and O–H groups in total. The van der Waals surface area contributed by atoms with Gasteiger partial charge in [0, 0.05) is 32.0 Å². The highest BCUT2D eigenvalue weighted by atomic mass is 16.5. The number of benzene rings is 3. The van der Waals surface area contributed by atoms with Gasteiger partial charge >= 0.3 is 5.97 Å². The Balaban J connectivity index is 1.33. The molecule has 36 heavy (non-hydrogen) atoms. The van der Waals surface area contributed by atoms with Crippen molar-refractivity contribution in [2.45, 2.75) is 6.42 Å². The van der Waals surface area contributed by atoms with Crippen molar-refractivity contribution in [1.82, 2.24) is 4.90 Å². The number of hydrogen-bond donors (Lipinski definition) is 1. The van der Waals surface area contributed by atoms with Gasteiger partial charge in [0.25, 0.3) is 17.7 Å². The summed E-state index contributed by atoms with van der Waals surface area (Å²) in [6.45, 7) is 0.102. The lowest BCUT2D eigenvalue weighted by Gasteiger charge is -2.12. The maximum absolute atomic E-state index is 12.6. The van der Waals surface area contributed by atoms with Crippen LogP contribution in [0.3, 0.4) is 0 Å². The van der Waals surface area contributed by atoms with E-state index >= 15 is 0 Å². The van der Waals surface area contributed by atoms with Crippen molar-refractivity contribution in [1.29, 1.82) is 0 Å². The number of ether oxygens (including phenoxy) is 3. The maximum atomic E-state index is 12.6. The highest BCUT2D eigenvalue weighted by Crippen LogP contribution is 2.25. The monoisotopic (exact) mass is 488 g/mol. The van der Waals surface area contributed by atoms with Crippen molar-refractivity contribution in [3.8, 4) is 11.5 Å². The van der Waals surface area contributed by atoms with Crippen LogP contribution in [0.2, 0.25) is 0 Å². The summed E-state index contributed by atoms with van der Waals surface area (Å²) in [5.41, 5.74) is 0.898. The molecule has 0 atom stereocenters. The summed E-state index contributed by atoms with van der Waals surface area (Å²) in [6.07, 6.45) is 0.507. The first kappa shape index (κ1) is 24.6. The van der Waals surface area contributed by atoms with Crippen LogP contribution in [0.25, 0.3) is 0 Å². The minimum atomic E-state index is -0.785. The van der Waals surface area contributed by atoms with Gasteiger partial charge in [0.2, 0.25) is 0 Å². The number of nitrogens with one attached hydrogen (secondary N) is 1. The van der Waals surface area contributed by atoms with E-state index in [0.29, 0.717) is 30.2 Å². The van der Waals surface area contributed by atoms with Gasteiger partial charge in [0.05, 0.1) is 16.7 Å². The first-order valence-corrected chi connectivity index (χ1v) is 11.3. The van der Waals surface area contributed by atoms with Crippen LogP contribution in [0.4, 0.5) is 5.69 Å². The van der Waals surface area contributed by atoms with Crippen molar-refractivity contribution in [3.05, 3.63) is 89.5 Å². The van der Waals surface area contributed by atoms with Crippen LogP contribution in [0.1, 0.15) is 37.5 Å². The Bertz CT molecular complexity index is 1290. The number of para-hydroxylation sites is 1. The SMILES string of the molecule is COCCCN1C(=O)c2ccc(C(=O)OCC(=O)Nc3cccc(Oc4ccccc4)c3)cc2C1=O. The number of rotatable bonds is 10. The van der Waals surface area contributed by atoms with Crippen molar-refractivity contribution in [2.24, 2.45) is 0 Å². The first-order valence-electron chi connectivity index (χ1n) is 11.3. The second-order valence-electron chi connectivity index (χ2n) is 7.94. The summed E-state index contributed by atoms with van der Waals surface area (Å²) in [7, 11) is 1.54. The summed E-state index contributed by atoms with van der Waals surface area (Å²) in [5.74, 6) is -1.03. The summed E-state index contributed by atoms with van der Waals surface area (Å²) in [4.78, 5) is 51.1. The topological polar surface area (TPSA) is 111 Å². The van der Waals surface area contributed by atoms with Crippen LogP contribution in [0, 0.1) is 0 Å². The zero-order chi connectivity index (χ0) is 25.5. The van der Waals surface area contributed by atoms with Crippen LogP contribution in [-0.4, -0.2) is 55.5 Å².